The van der Waals surface area contributed by atoms with Crippen LogP contribution in [0, 0.1) is 5.92 Å². The van der Waals surface area contributed by atoms with Gasteiger partial charge < -0.3 is 0 Å². The molecule has 0 atom stereocenters. The zero-order chi connectivity index (χ0) is 8.43. The van der Waals surface area contributed by atoms with Gasteiger partial charge in [-0.3, -0.25) is 0 Å². The average Bonchev–Trinajstić information content (AvgIpc) is 1.94. The first-order chi connectivity index (χ1) is 5.11. The standard InChI is InChI=1S/C9H12ClF/c1-6(2)8-5-7(10)3-4-9(8)11/h5-6H,3-4H2,1-2H3. The van der Waals surface area contributed by atoms with E-state index in [1.807, 2.05) is 13.8 Å². The van der Waals surface area contributed by atoms with Gasteiger partial charge in [0.15, 0.2) is 0 Å². The molecule has 0 unspecified atom stereocenters. The largest absolute Gasteiger partial charge is 0.212 e. The van der Waals surface area contributed by atoms with Crippen molar-refractivity contribution in [2.24, 2.45) is 5.92 Å². The van der Waals surface area contributed by atoms with Crippen molar-refractivity contribution >= 4 is 11.6 Å². The summed E-state index contributed by atoms with van der Waals surface area (Å²) >= 11 is 5.78. The number of rotatable bonds is 1. The lowest BCUT2D eigenvalue weighted by Crippen LogP contribution is -1.99. The Kier molecular flexibility index (Phi) is 2.72. The van der Waals surface area contributed by atoms with E-state index < -0.39 is 0 Å². The predicted molar refractivity (Wildman–Crippen MR) is 46.1 cm³/mol. The van der Waals surface area contributed by atoms with Crippen LogP contribution in [0.25, 0.3) is 0 Å². The van der Waals surface area contributed by atoms with Crippen molar-refractivity contribution < 1.29 is 4.39 Å². The monoisotopic (exact) mass is 174 g/mol. The van der Waals surface area contributed by atoms with Crippen LogP contribution in [0.2, 0.25) is 0 Å². The topological polar surface area (TPSA) is 0 Å². The van der Waals surface area contributed by atoms with E-state index in [2.05, 4.69) is 0 Å². The molecular weight excluding hydrogens is 163 g/mol. The van der Waals surface area contributed by atoms with Gasteiger partial charge >= 0.3 is 0 Å². The Hall–Kier alpha value is -0.300. The Bertz CT molecular complexity index is 214. The zero-order valence-corrected chi connectivity index (χ0v) is 7.58. The molecule has 0 aromatic carbocycles. The first-order valence-corrected chi connectivity index (χ1v) is 4.23. The highest BCUT2D eigenvalue weighted by Crippen LogP contribution is 2.30. The van der Waals surface area contributed by atoms with E-state index in [4.69, 9.17) is 11.6 Å². The van der Waals surface area contributed by atoms with Gasteiger partial charge in [-0.1, -0.05) is 25.4 Å². The highest BCUT2D eigenvalue weighted by atomic mass is 35.5. The predicted octanol–water partition coefficient (Wildman–Crippen LogP) is 3.78. The lowest BCUT2D eigenvalue weighted by molar-refractivity contribution is 0.554. The summed E-state index contributed by atoms with van der Waals surface area (Å²) in [7, 11) is 0. The molecular formula is C9H12ClF. The second kappa shape index (κ2) is 3.40. The smallest absolute Gasteiger partial charge is 0.104 e. The van der Waals surface area contributed by atoms with Crippen molar-refractivity contribution in [1.29, 1.82) is 0 Å². The lowest BCUT2D eigenvalue weighted by Gasteiger charge is -2.14. The summed E-state index contributed by atoms with van der Waals surface area (Å²) < 4.78 is 13.0. The molecule has 0 aromatic heterocycles. The van der Waals surface area contributed by atoms with Crippen LogP contribution in [0.1, 0.15) is 26.7 Å². The highest BCUT2D eigenvalue weighted by molar-refractivity contribution is 6.29. The van der Waals surface area contributed by atoms with Crippen molar-refractivity contribution in [3.05, 3.63) is 22.5 Å². The third-order valence-electron chi connectivity index (χ3n) is 1.83. The fourth-order valence-electron chi connectivity index (χ4n) is 1.17. The molecule has 0 nitrogen and oxygen atoms in total. The molecule has 0 saturated heterocycles. The van der Waals surface area contributed by atoms with Crippen LogP contribution in [0.3, 0.4) is 0 Å². The molecule has 0 aliphatic heterocycles. The van der Waals surface area contributed by atoms with Gasteiger partial charge in [0.1, 0.15) is 5.83 Å². The summed E-state index contributed by atoms with van der Waals surface area (Å²) in [6.45, 7) is 3.95. The summed E-state index contributed by atoms with van der Waals surface area (Å²) in [4.78, 5) is 0. The molecule has 0 aromatic rings. The van der Waals surface area contributed by atoms with E-state index >= 15 is 0 Å². The second-order valence-corrected chi connectivity index (χ2v) is 3.59. The summed E-state index contributed by atoms with van der Waals surface area (Å²) in [5, 5.41) is 0.773. The Morgan fingerprint density at radius 3 is 2.55 bits per heavy atom. The van der Waals surface area contributed by atoms with Crippen LogP contribution in [-0.4, -0.2) is 0 Å². The Morgan fingerprint density at radius 2 is 2.09 bits per heavy atom. The van der Waals surface area contributed by atoms with Crippen LogP contribution < -0.4 is 0 Å². The molecule has 0 spiro atoms. The third kappa shape index (κ3) is 2.06. The molecule has 62 valence electrons. The molecule has 2 heteroatoms. The molecule has 0 N–H and O–H groups in total. The molecule has 0 saturated carbocycles. The minimum Gasteiger partial charge on any atom is -0.212 e. The maximum absolute atomic E-state index is 13.0. The van der Waals surface area contributed by atoms with Crippen molar-refractivity contribution in [3.63, 3.8) is 0 Å². The second-order valence-electron chi connectivity index (χ2n) is 3.11. The molecule has 0 radical (unpaired) electrons. The van der Waals surface area contributed by atoms with Gasteiger partial charge in [-0.15, -0.1) is 0 Å². The van der Waals surface area contributed by atoms with Gasteiger partial charge in [0.25, 0.3) is 0 Å². The number of hydrogen-bond acceptors (Lipinski definition) is 0. The van der Waals surface area contributed by atoms with Gasteiger partial charge in [-0.25, -0.2) is 4.39 Å². The molecule has 0 heterocycles. The molecule has 0 bridgehead atoms. The van der Waals surface area contributed by atoms with E-state index in [0.717, 1.165) is 10.6 Å². The lowest BCUT2D eigenvalue weighted by atomic mass is 9.96. The van der Waals surface area contributed by atoms with E-state index in [-0.39, 0.29) is 11.7 Å². The van der Waals surface area contributed by atoms with Crippen molar-refractivity contribution in [2.75, 3.05) is 0 Å². The van der Waals surface area contributed by atoms with Gasteiger partial charge in [-0.2, -0.15) is 0 Å². The summed E-state index contributed by atoms with van der Waals surface area (Å²) in [6, 6.07) is 0. The SMILES string of the molecule is CC(C)C1=C(F)CCC(Cl)=C1. The summed E-state index contributed by atoms with van der Waals surface area (Å²) in [5.41, 5.74) is 0.765. The van der Waals surface area contributed by atoms with Gasteiger partial charge in [0.2, 0.25) is 0 Å². The van der Waals surface area contributed by atoms with E-state index in [1.54, 1.807) is 6.08 Å². The average molecular weight is 175 g/mol. The van der Waals surface area contributed by atoms with Crippen LogP contribution in [-0.2, 0) is 0 Å². The molecule has 0 fully saturated rings. The highest BCUT2D eigenvalue weighted by Gasteiger charge is 2.14. The van der Waals surface area contributed by atoms with Crippen LogP contribution in [0.5, 0.6) is 0 Å². The molecule has 0 amide bonds. The maximum Gasteiger partial charge on any atom is 0.104 e. The maximum atomic E-state index is 13.0. The fourth-order valence-corrected chi connectivity index (χ4v) is 1.38. The first-order valence-electron chi connectivity index (χ1n) is 3.86. The summed E-state index contributed by atoms with van der Waals surface area (Å²) in [5.74, 6) is 0.244. The van der Waals surface area contributed by atoms with Crippen molar-refractivity contribution in [2.45, 2.75) is 26.7 Å². The number of halogens is 2. The van der Waals surface area contributed by atoms with Crippen molar-refractivity contribution in [3.8, 4) is 0 Å². The first kappa shape index (κ1) is 8.79. The quantitative estimate of drug-likeness (QED) is 0.568. The zero-order valence-electron chi connectivity index (χ0n) is 6.82. The summed E-state index contributed by atoms with van der Waals surface area (Å²) in [6.07, 6.45) is 2.89. The molecule has 11 heavy (non-hydrogen) atoms. The normalized spacial score (nSPS) is 19.2. The minimum atomic E-state index is 0.00407. The Morgan fingerprint density at radius 1 is 1.45 bits per heavy atom. The fraction of sp³-hybridized carbons (Fsp3) is 0.556. The number of allylic oxidation sites excluding steroid dienone is 4. The third-order valence-corrected chi connectivity index (χ3v) is 2.13. The Labute approximate surface area is 71.7 Å². The molecule has 1 aliphatic rings. The van der Waals surface area contributed by atoms with Gasteiger partial charge in [0.05, 0.1) is 0 Å². The van der Waals surface area contributed by atoms with E-state index in [0.29, 0.717) is 12.8 Å². The molecule has 1 aliphatic carbocycles. The van der Waals surface area contributed by atoms with Gasteiger partial charge in [-0.05, 0) is 24.0 Å². The van der Waals surface area contributed by atoms with E-state index in [1.165, 1.54) is 0 Å². The van der Waals surface area contributed by atoms with Crippen LogP contribution in [0.15, 0.2) is 22.5 Å². The van der Waals surface area contributed by atoms with Crippen LogP contribution in [0.4, 0.5) is 4.39 Å². The van der Waals surface area contributed by atoms with Crippen LogP contribution >= 0.6 is 11.6 Å². The van der Waals surface area contributed by atoms with Crippen molar-refractivity contribution in [1.82, 2.24) is 0 Å². The molecule has 1 rings (SSSR count). The van der Waals surface area contributed by atoms with E-state index in [9.17, 15) is 4.39 Å². The number of hydrogen-bond donors (Lipinski definition) is 0. The van der Waals surface area contributed by atoms with Gasteiger partial charge in [0, 0.05) is 11.5 Å². The Balaban J connectivity index is 2.89. The minimum absolute atomic E-state index is 0.00407.